The minimum absolute atomic E-state index is 0.191. The summed E-state index contributed by atoms with van der Waals surface area (Å²) in [6, 6.07) is 5.90. The largest absolute Gasteiger partial charge is 0.258 e. The Morgan fingerprint density at radius 3 is 2.76 bits per heavy atom. The molecule has 0 amide bonds. The third-order valence-corrected chi connectivity index (χ3v) is 4.29. The predicted octanol–water partition coefficient (Wildman–Crippen LogP) is 4.02. The first-order valence-electron chi connectivity index (χ1n) is 7.29. The van der Waals surface area contributed by atoms with Crippen LogP contribution in [-0.2, 0) is 6.54 Å². The van der Waals surface area contributed by atoms with Crippen LogP contribution in [0.15, 0.2) is 42.0 Å². The van der Waals surface area contributed by atoms with Gasteiger partial charge in [0.2, 0.25) is 5.82 Å². The molecule has 0 saturated heterocycles. The van der Waals surface area contributed by atoms with Crippen LogP contribution in [0.2, 0.25) is 0 Å². The Balaban J connectivity index is 1.85. The summed E-state index contributed by atoms with van der Waals surface area (Å²) in [5.74, 6) is 0.0608. The third kappa shape index (κ3) is 3.10. The van der Waals surface area contributed by atoms with E-state index >= 15 is 0 Å². The van der Waals surface area contributed by atoms with Crippen LogP contribution >= 0.6 is 11.3 Å². The fraction of sp³-hybridized carbons (Fsp3) is 0.125. The molecule has 0 bridgehead atoms. The van der Waals surface area contributed by atoms with E-state index < -0.39 is 13.0 Å². The lowest BCUT2D eigenvalue weighted by atomic mass is 10.1. The van der Waals surface area contributed by atoms with Crippen LogP contribution in [0.4, 0.5) is 13.2 Å². The summed E-state index contributed by atoms with van der Waals surface area (Å²) in [7, 11) is 0. The number of nitrogens with zero attached hydrogens (tertiary/aromatic N) is 5. The number of aromatic nitrogens is 5. The summed E-state index contributed by atoms with van der Waals surface area (Å²) in [5, 5.41) is 7.75. The summed E-state index contributed by atoms with van der Waals surface area (Å²) >= 11 is 1.31. The van der Waals surface area contributed by atoms with Gasteiger partial charge in [-0.2, -0.15) is 0 Å². The van der Waals surface area contributed by atoms with Crippen molar-refractivity contribution in [3.63, 3.8) is 0 Å². The normalized spacial score (nSPS) is 11.5. The molecular formula is C16H10F3N5S. The summed E-state index contributed by atoms with van der Waals surface area (Å²) in [5.41, 5.74) is 0.342. The molecule has 5 nitrogen and oxygen atoms in total. The number of hydrogen-bond acceptors (Lipinski definition) is 5. The second-order valence-corrected chi connectivity index (χ2v) is 6.13. The van der Waals surface area contributed by atoms with E-state index in [1.165, 1.54) is 23.5 Å². The maximum absolute atomic E-state index is 13.5. The first-order chi connectivity index (χ1) is 12.1. The van der Waals surface area contributed by atoms with Crippen molar-refractivity contribution in [2.75, 3.05) is 0 Å². The molecule has 0 spiro atoms. The maximum Gasteiger partial charge on any atom is 0.258 e. The Morgan fingerprint density at radius 2 is 2.00 bits per heavy atom. The Kier molecular flexibility index (Phi) is 3.92. The predicted molar refractivity (Wildman–Crippen MR) is 87.8 cm³/mol. The molecule has 4 aromatic rings. The number of hydrogen-bond donors (Lipinski definition) is 0. The van der Waals surface area contributed by atoms with Crippen molar-refractivity contribution in [1.29, 1.82) is 0 Å². The van der Waals surface area contributed by atoms with Gasteiger partial charge in [0.25, 0.3) is 6.43 Å². The average molecular weight is 361 g/mol. The minimum atomic E-state index is -2.59. The highest BCUT2D eigenvalue weighted by Crippen LogP contribution is 2.25. The van der Waals surface area contributed by atoms with Crippen LogP contribution in [0.3, 0.4) is 0 Å². The van der Waals surface area contributed by atoms with Crippen LogP contribution in [-0.4, -0.2) is 31.2 Å². The Labute approximate surface area is 143 Å². The standard InChI is InChI=1S/C16H10F3N5S/c17-11-2-1-9-7-21-12(6-10(9)5-11)15-22-14(16-20-3-4-25-16)23-24(15)8-13(18)19/h1-7,13H,8H2. The smallest absolute Gasteiger partial charge is 0.252 e. The summed E-state index contributed by atoms with van der Waals surface area (Å²) in [4.78, 5) is 12.7. The van der Waals surface area contributed by atoms with Crippen LogP contribution in [0, 0.1) is 5.82 Å². The van der Waals surface area contributed by atoms with Crippen molar-refractivity contribution >= 4 is 22.1 Å². The quantitative estimate of drug-likeness (QED) is 0.551. The molecule has 0 fully saturated rings. The number of fused-ring (bicyclic) bond motifs is 1. The van der Waals surface area contributed by atoms with Gasteiger partial charge in [-0.05, 0) is 29.7 Å². The highest BCUT2D eigenvalue weighted by atomic mass is 32.1. The second kappa shape index (κ2) is 6.25. The molecule has 25 heavy (non-hydrogen) atoms. The van der Waals surface area contributed by atoms with Gasteiger partial charge in [-0.3, -0.25) is 4.98 Å². The molecule has 0 N–H and O–H groups in total. The lowest BCUT2D eigenvalue weighted by Gasteiger charge is -2.05. The molecule has 0 unspecified atom stereocenters. The van der Waals surface area contributed by atoms with E-state index in [-0.39, 0.29) is 17.5 Å². The monoisotopic (exact) mass is 361 g/mol. The van der Waals surface area contributed by atoms with Crippen molar-refractivity contribution in [3.05, 3.63) is 47.9 Å². The molecule has 0 saturated carbocycles. The highest BCUT2D eigenvalue weighted by Gasteiger charge is 2.19. The van der Waals surface area contributed by atoms with Gasteiger partial charge in [0.05, 0.1) is 0 Å². The molecule has 3 aromatic heterocycles. The van der Waals surface area contributed by atoms with Gasteiger partial charge < -0.3 is 0 Å². The van der Waals surface area contributed by atoms with Gasteiger partial charge in [-0.25, -0.2) is 27.8 Å². The second-order valence-electron chi connectivity index (χ2n) is 5.23. The fourth-order valence-electron chi connectivity index (χ4n) is 2.45. The zero-order valence-corrected chi connectivity index (χ0v) is 13.4. The fourth-order valence-corrected chi connectivity index (χ4v) is 3.01. The molecule has 126 valence electrons. The minimum Gasteiger partial charge on any atom is -0.252 e. The van der Waals surface area contributed by atoms with E-state index in [2.05, 4.69) is 20.1 Å². The van der Waals surface area contributed by atoms with Crippen LogP contribution in [0.25, 0.3) is 33.1 Å². The summed E-state index contributed by atoms with van der Waals surface area (Å²) < 4.78 is 40.4. The number of benzene rings is 1. The van der Waals surface area contributed by atoms with Crippen molar-refractivity contribution in [1.82, 2.24) is 24.7 Å². The Morgan fingerprint density at radius 1 is 1.12 bits per heavy atom. The van der Waals surface area contributed by atoms with E-state index in [9.17, 15) is 13.2 Å². The third-order valence-electron chi connectivity index (χ3n) is 3.52. The van der Waals surface area contributed by atoms with E-state index in [1.54, 1.807) is 29.9 Å². The zero-order valence-electron chi connectivity index (χ0n) is 12.6. The lowest BCUT2D eigenvalue weighted by molar-refractivity contribution is 0.122. The lowest BCUT2D eigenvalue weighted by Crippen LogP contribution is -2.10. The van der Waals surface area contributed by atoms with Gasteiger partial charge in [-0.1, -0.05) is 0 Å². The van der Waals surface area contributed by atoms with E-state index in [1.807, 2.05) is 0 Å². The van der Waals surface area contributed by atoms with Crippen LogP contribution < -0.4 is 0 Å². The molecule has 9 heteroatoms. The molecule has 3 heterocycles. The van der Waals surface area contributed by atoms with Crippen molar-refractivity contribution in [2.24, 2.45) is 0 Å². The molecule has 0 aliphatic heterocycles. The maximum atomic E-state index is 13.5. The van der Waals surface area contributed by atoms with Gasteiger partial charge >= 0.3 is 0 Å². The number of pyridine rings is 1. The number of rotatable bonds is 4. The molecular weight excluding hydrogens is 351 g/mol. The molecule has 0 atom stereocenters. The van der Waals surface area contributed by atoms with Crippen molar-refractivity contribution in [3.8, 4) is 22.4 Å². The molecule has 1 aromatic carbocycles. The Hall–Kier alpha value is -2.81. The van der Waals surface area contributed by atoms with Gasteiger partial charge in [-0.15, -0.1) is 16.4 Å². The number of halogens is 3. The first-order valence-corrected chi connectivity index (χ1v) is 8.16. The topological polar surface area (TPSA) is 56.5 Å². The molecule has 4 rings (SSSR count). The number of thiazole rings is 1. The Bertz CT molecular complexity index is 1030. The molecule has 0 radical (unpaired) electrons. The van der Waals surface area contributed by atoms with Gasteiger partial charge in [0.1, 0.15) is 18.1 Å². The average Bonchev–Trinajstić information content (AvgIpc) is 3.23. The summed E-state index contributed by atoms with van der Waals surface area (Å²) in [6.07, 6.45) is 0.543. The zero-order chi connectivity index (χ0) is 17.4. The SMILES string of the molecule is Fc1ccc2cnc(-c3nc(-c4nccs4)nn3CC(F)F)cc2c1. The number of alkyl halides is 2. The van der Waals surface area contributed by atoms with E-state index in [0.717, 1.165) is 10.1 Å². The molecule has 0 aliphatic carbocycles. The van der Waals surface area contributed by atoms with Crippen molar-refractivity contribution in [2.45, 2.75) is 13.0 Å². The first kappa shape index (κ1) is 15.7. The van der Waals surface area contributed by atoms with Gasteiger partial charge in [0, 0.05) is 23.2 Å². The summed E-state index contributed by atoms with van der Waals surface area (Å²) in [6.45, 7) is -0.615. The molecule has 0 aliphatic rings. The van der Waals surface area contributed by atoms with E-state index in [0.29, 0.717) is 16.1 Å². The van der Waals surface area contributed by atoms with Gasteiger partial charge in [0.15, 0.2) is 10.8 Å². The van der Waals surface area contributed by atoms with E-state index in [4.69, 9.17) is 0 Å². The van der Waals surface area contributed by atoms with Crippen LogP contribution in [0.1, 0.15) is 0 Å². The van der Waals surface area contributed by atoms with Crippen molar-refractivity contribution < 1.29 is 13.2 Å². The highest BCUT2D eigenvalue weighted by molar-refractivity contribution is 7.13. The van der Waals surface area contributed by atoms with Crippen LogP contribution in [0.5, 0.6) is 0 Å².